The number of fused-ring (bicyclic) bond motifs is 1. The molecule has 0 spiro atoms. The fourth-order valence-corrected chi connectivity index (χ4v) is 10.5. The maximum atomic E-state index is 13.3. The van der Waals surface area contributed by atoms with Crippen molar-refractivity contribution >= 4 is 22.5 Å². The van der Waals surface area contributed by atoms with E-state index in [0.717, 1.165) is 51.4 Å². The highest BCUT2D eigenvalue weighted by atomic mass is 28.4. The van der Waals surface area contributed by atoms with Gasteiger partial charge in [-0.15, -0.1) is 0 Å². The van der Waals surface area contributed by atoms with Crippen LogP contribution >= 0.6 is 0 Å². The van der Waals surface area contributed by atoms with Crippen molar-refractivity contribution in [2.75, 3.05) is 13.2 Å². The molecule has 246 valence electrons. The molecule has 1 unspecified atom stereocenters. The molecule has 3 aliphatic rings. The van der Waals surface area contributed by atoms with Crippen LogP contribution in [0.2, 0.25) is 36.3 Å². The molecule has 0 aromatic rings. The van der Waals surface area contributed by atoms with Crippen molar-refractivity contribution in [3.63, 3.8) is 0 Å². The number of rotatable bonds is 8. The van der Waals surface area contributed by atoms with Gasteiger partial charge >= 0.3 is 12.1 Å². The standard InChI is InChI=1S/C33H62F3NO3Si2/c1-29(2,3)41(9,10)39-22-23-20-24(40-42(11,12)30(4,5)6)15-19-32(23,8)27-16-18-31(7)17-13-14-26(31)25(27)21-37-28(38)33(34,35)36/h23-27H,13-22H2,1-12H3,(H,37,38)/t23-,24+,25+,26+,27+,31+,32?/m1/s1. The molecule has 3 fully saturated rings. The number of hydrogen-bond acceptors (Lipinski definition) is 3. The summed E-state index contributed by atoms with van der Waals surface area (Å²) in [5, 5.41) is 2.57. The first-order valence-electron chi connectivity index (χ1n) is 16.5. The van der Waals surface area contributed by atoms with Gasteiger partial charge in [-0.2, -0.15) is 13.2 Å². The minimum absolute atomic E-state index is 0.0378. The Morgan fingerprint density at radius 3 is 2.00 bits per heavy atom. The van der Waals surface area contributed by atoms with E-state index < -0.39 is 28.7 Å². The summed E-state index contributed by atoms with van der Waals surface area (Å²) in [5.41, 5.74) is 0.0590. The number of carbonyl (C=O) groups excluding carboxylic acids is 1. The summed E-state index contributed by atoms with van der Waals surface area (Å²) in [4.78, 5) is 12.0. The first kappa shape index (κ1) is 36.1. The molecule has 3 rings (SSSR count). The van der Waals surface area contributed by atoms with Gasteiger partial charge in [0.05, 0.1) is 0 Å². The van der Waals surface area contributed by atoms with Crippen LogP contribution in [-0.2, 0) is 13.6 Å². The molecule has 0 aromatic heterocycles. The van der Waals surface area contributed by atoms with Gasteiger partial charge < -0.3 is 14.2 Å². The molecule has 0 heterocycles. The molecule has 42 heavy (non-hydrogen) atoms. The molecule has 1 N–H and O–H groups in total. The lowest BCUT2D eigenvalue weighted by Crippen LogP contribution is -2.56. The molecule has 0 bridgehead atoms. The number of alkyl halides is 3. The summed E-state index contributed by atoms with van der Waals surface area (Å²) >= 11 is 0. The van der Waals surface area contributed by atoms with E-state index in [9.17, 15) is 18.0 Å². The van der Waals surface area contributed by atoms with E-state index in [2.05, 4.69) is 86.9 Å². The average Bonchev–Trinajstić information content (AvgIpc) is 3.22. The highest BCUT2D eigenvalue weighted by Gasteiger charge is 2.57. The van der Waals surface area contributed by atoms with Crippen molar-refractivity contribution < 1.29 is 26.8 Å². The van der Waals surface area contributed by atoms with E-state index in [1.54, 1.807) is 0 Å². The molecule has 0 saturated heterocycles. The predicted molar refractivity (Wildman–Crippen MR) is 171 cm³/mol. The first-order valence-corrected chi connectivity index (χ1v) is 22.3. The molecule has 7 atom stereocenters. The van der Waals surface area contributed by atoms with E-state index >= 15 is 0 Å². The second-order valence-electron chi connectivity index (χ2n) is 17.7. The van der Waals surface area contributed by atoms with Crippen molar-refractivity contribution in [2.24, 2.45) is 34.5 Å². The largest absolute Gasteiger partial charge is 0.471 e. The molecule has 4 nitrogen and oxygen atoms in total. The third-order valence-electron chi connectivity index (χ3n) is 13.0. The van der Waals surface area contributed by atoms with E-state index in [-0.39, 0.29) is 51.3 Å². The van der Waals surface area contributed by atoms with Crippen LogP contribution in [0.4, 0.5) is 13.2 Å². The third-order valence-corrected chi connectivity index (χ3v) is 22.1. The Kier molecular flexibility index (Phi) is 10.4. The highest BCUT2D eigenvalue weighted by molar-refractivity contribution is 6.74. The van der Waals surface area contributed by atoms with Crippen molar-refractivity contribution in [3.05, 3.63) is 0 Å². The van der Waals surface area contributed by atoms with Gasteiger partial charge in [0.15, 0.2) is 16.6 Å². The number of halogens is 3. The quantitative estimate of drug-likeness (QED) is 0.271. The van der Waals surface area contributed by atoms with Gasteiger partial charge in [0.1, 0.15) is 0 Å². The van der Waals surface area contributed by atoms with E-state index in [4.69, 9.17) is 8.85 Å². The topological polar surface area (TPSA) is 47.6 Å². The monoisotopic (exact) mass is 633 g/mol. The summed E-state index contributed by atoms with van der Waals surface area (Å²) in [6.07, 6.45) is 3.61. The Hall–Kier alpha value is -0.386. The van der Waals surface area contributed by atoms with Gasteiger partial charge in [-0.3, -0.25) is 4.79 Å². The Morgan fingerprint density at radius 1 is 0.857 bits per heavy atom. The van der Waals surface area contributed by atoms with Gasteiger partial charge in [0.25, 0.3) is 0 Å². The predicted octanol–water partition coefficient (Wildman–Crippen LogP) is 9.72. The van der Waals surface area contributed by atoms with Crippen LogP contribution in [0, 0.1) is 34.5 Å². The lowest BCUT2D eigenvalue weighted by atomic mass is 9.49. The zero-order valence-electron chi connectivity index (χ0n) is 28.8. The highest BCUT2D eigenvalue weighted by Crippen LogP contribution is 2.62. The molecule has 1 amide bonds. The van der Waals surface area contributed by atoms with Crippen LogP contribution in [0.3, 0.4) is 0 Å². The Labute approximate surface area is 257 Å². The molecule has 3 aliphatic carbocycles. The molecule has 0 aliphatic heterocycles. The van der Waals surface area contributed by atoms with Gasteiger partial charge in [-0.25, -0.2) is 0 Å². The van der Waals surface area contributed by atoms with E-state index in [0.29, 0.717) is 12.5 Å². The van der Waals surface area contributed by atoms with Gasteiger partial charge in [0.2, 0.25) is 0 Å². The summed E-state index contributed by atoms with van der Waals surface area (Å²) in [7, 11) is -3.98. The fraction of sp³-hybridized carbons (Fsp3) is 0.970. The van der Waals surface area contributed by atoms with Crippen LogP contribution < -0.4 is 5.32 Å². The van der Waals surface area contributed by atoms with E-state index in [1.807, 2.05) is 0 Å². The summed E-state index contributed by atoms with van der Waals surface area (Å²) in [5.74, 6) is -0.933. The fourth-order valence-electron chi connectivity index (χ4n) is 8.05. The maximum absolute atomic E-state index is 13.3. The van der Waals surface area contributed by atoms with Crippen LogP contribution in [-0.4, -0.2) is 48.0 Å². The van der Waals surface area contributed by atoms with Gasteiger partial charge in [-0.05, 0) is 116 Å². The normalized spacial score (nSPS) is 35.2. The van der Waals surface area contributed by atoms with Crippen molar-refractivity contribution in [2.45, 2.75) is 155 Å². The molecule has 9 heteroatoms. The lowest BCUT2D eigenvalue weighted by Gasteiger charge is -2.58. The Morgan fingerprint density at radius 2 is 1.45 bits per heavy atom. The maximum Gasteiger partial charge on any atom is 0.471 e. The van der Waals surface area contributed by atoms with E-state index in [1.165, 1.54) is 0 Å². The zero-order chi connectivity index (χ0) is 32.2. The number of hydrogen-bond donors (Lipinski definition) is 1. The second-order valence-corrected chi connectivity index (χ2v) is 27.3. The smallest absolute Gasteiger partial charge is 0.417 e. The zero-order valence-corrected chi connectivity index (χ0v) is 30.8. The summed E-state index contributed by atoms with van der Waals surface area (Å²) < 4.78 is 53.7. The second kappa shape index (κ2) is 12.1. The third kappa shape index (κ3) is 7.52. The summed E-state index contributed by atoms with van der Waals surface area (Å²) in [6, 6.07) is 0. The molecular weight excluding hydrogens is 572 g/mol. The Balaban J connectivity index is 1.95. The average molecular weight is 634 g/mol. The number of amides is 1. The van der Waals surface area contributed by atoms with Gasteiger partial charge in [-0.1, -0.05) is 61.8 Å². The van der Waals surface area contributed by atoms with Crippen molar-refractivity contribution in [1.29, 1.82) is 0 Å². The number of carbonyl (C=O) groups is 1. The molecule has 0 radical (unpaired) electrons. The van der Waals surface area contributed by atoms with Crippen molar-refractivity contribution in [1.82, 2.24) is 5.32 Å². The molecular formula is C33H62F3NO3Si2. The minimum Gasteiger partial charge on any atom is -0.417 e. The van der Waals surface area contributed by atoms with Crippen LogP contribution in [0.1, 0.15) is 107 Å². The lowest BCUT2D eigenvalue weighted by molar-refractivity contribution is -0.174. The van der Waals surface area contributed by atoms with Gasteiger partial charge in [0, 0.05) is 19.3 Å². The minimum atomic E-state index is -4.86. The van der Waals surface area contributed by atoms with Crippen molar-refractivity contribution in [3.8, 4) is 0 Å². The summed E-state index contributed by atoms with van der Waals surface area (Å²) in [6.45, 7) is 28.4. The number of nitrogens with one attached hydrogen (secondary N) is 1. The van der Waals surface area contributed by atoms with Crippen LogP contribution in [0.5, 0.6) is 0 Å². The Bertz CT molecular complexity index is 958. The SMILES string of the molecule is CC1([C@H]2CC[C@]3(C)CCC[C@H]3[C@@H]2CNC(=O)C(F)(F)F)CC[C@H](O[Si](C)(C)C(C)(C)C)C[C@@H]1CO[Si](C)(C)C(C)(C)C. The molecule has 0 aromatic carbocycles. The van der Waals surface area contributed by atoms with Crippen LogP contribution in [0.15, 0.2) is 0 Å². The first-order chi connectivity index (χ1) is 18.8. The van der Waals surface area contributed by atoms with Crippen LogP contribution in [0.25, 0.3) is 0 Å². The molecule has 3 saturated carbocycles.